The summed E-state index contributed by atoms with van der Waals surface area (Å²) in [4.78, 5) is 12.3. The first-order chi connectivity index (χ1) is 15.4. The van der Waals surface area contributed by atoms with Gasteiger partial charge in [-0.2, -0.15) is 4.67 Å². The number of piperidine rings is 1. The summed E-state index contributed by atoms with van der Waals surface area (Å²) in [7, 11) is -3.95. The molecule has 0 amide bonds. The third-order valence-electron chi connectivity index (χ3n) is 5.88. The number of benzene rings is 2. The minimum absolute atomic E-state index is 0.0154. The summed E-state index contributed by atoms with van der Waals surface area (Å²) in [5.74, 6) is -0.419. The van der Waals surface area contributed by atoms with Gasteiger partial charge in [0.2, 0.25) is 0 Å². The van der Waals surface area contributed by atoms with Gasteiger partial charge < -0.3 is 13.6 Å². The molecule has 1 aromatic heterocycles. The Bertz CT molecular complexity index is 1180. The molecule has 2 atom stereocenters. The highest BCUT2D eigenvalue weighted by molar-refractivity contribution is 7.52. The zero-order chi connectivity index (χ0) is 22.3. The van der Waals surface area contributed by atoms with Crippen LogP contribution in [0.4, 0.5) is 8.78 Å². The lowest BCUT2D eigenvalue weighted by molar-refractivity contribution is 0.158. The monoisotopic (exact) mass is 458 g/mol. The number of hydrogen-bond donors (Lipinski definition) is 0. The van der Waals surface area contributed by atoms with Crippen molar-refractivity contribution in [1.29, 1.82) is 0 Å². The van der Waals surface area contributed by atoms with Gasteiger partial charge in [0.25, 0.3) is 5.56 Å². The first-order valence-electron chi connectivity index (χ1n) is 10.4. The number of aromatic nitrogens is 1. The van der Waals surface area contributed by atoms with Crippen LogP contribution >= 0.6 is 7.75 Å². The van der Waals surface area contributed by atoms with Gasteiger partial charge in [0.15, 0.2) is 0 Å². The molecule has 5 rings (SSSR count). The lowest BCUT2D eigenvalue weighted by Crippen LogP contribution is -2.46. The van der Waals surface area contributed by atoms with Crippen molar-refractivity contribution < 1.29 is 22.4 Å². The maximum atomic E-state index is 14.1. The molecule has 2 aliphatic rings. The summed E-state index contributed by atoms with van der Waals surface area (Å²) in [6.07, 6.45) is 0.868. The Morgan fingerprint density at radius 2 is 1.41 bits per heavy atom. The molecule has 2 bridgehead atoms. The van der Waals surface area contributed by atoms with Crippen LogP contribution in [0.15, 0.2) is 71.5 Å². The van der Waals surface area contributed by atoms with Gasteiger partial charge in [-0.3, -0.25) is 4.79 Å². The van der Waals surface area contributed by atoms with Gasteiger partial charge in [-0.15, -0.1) is 0 Å². The first-order valence-corrected chi connectivity index (χ1v) is 11.8. The van der Waals surface area contributed by atoms with Gasteiger partial charge in [0, 0.05) is 37.3 Å². The van der Waals surface area contributed by atoms with Crippen molar-refractivity contribution in [3.05, 3.63) is 94.4 Å². The van der Waals surface area contributed by atoms with E-state index in [2.05, 4.69) is 0 Å². The molecule has 0 unspecified atom stereocenters. The summed E-state index contributed by atoms with van der Waals surface area (Å²) < 4.78 is 56.0. The zero-order valence-electron chi connectivity index (χ0n) is 17.1. The second-order valence-electron chi connectivity index (χ2n) is 8.13. The van der Waals surface area contributed by atoms with Gasteiger partial charge in [0.05, 0.1) is 0 Å². The first kappa shape index (κ1) is 20.9. The Labute approximate surface area is 183 Å². The molecule has 1 fully saturated rings. The maximum absolute atomic E-state index is 14.1. The Balaban J connectivity index is 1.48. The van der Waals surface area contributed by atoms with E-state index >= 15 is 0 Å². The molecule has 0 aliphatic carbocycles. The van der Waals surface area contributed by atoms with Gasteiger partial charge in [-0.05, 0) is 66.9 Å². The van der Waals surface area contributed by atoms with Crippen LogP contribution in [-0.2, 0) is 11.1 Å². The lowest BCUT2D eigenvalue weighted by Gasteiger charge is -2.43. The molecule has 1 saturated heterocycles. The van der Waals surface area contributed by atoms with Crippen LogP contribution in [-0.4, -0.2) is 22.3 Å². The van der Waals surface area contributed by atoms with Crippen LogP contribution in [0.5, 0.6) is 11.5 Å². The van der Waals surface area contributed by atoms with E-state index in [4.69, 9.17) is 9.05 Å². The number of rotatable bonds is 5. The molecule has 9 heteroatoms. The minimum Gasteiger partial charge on any atom is -0.404 e. The molecule has 0 saturated carbocycles. The maximum Gasteiger partial charge on any atom is 0.515 e. The molecule has 0 spiro atoms. The van der Waals surface area contributed by atoms with Crippen molar-refractivity contribution in [3.63, 3.8) is 0 Å². The van der Waals surface area contributed by atoms with Crippen LogP contribution in [0.1, 0.15) is 18.0 Å². The highest BCUT2D eigenvalue weighted by atomic mass is 31.2. The second kappa shape index (κ2) is 8.19. The number of nitrogens with zero attached hydrogens (tertiary/aromatic N) is 2. The average Bonchev–Trinajstić information content (AvgIpc) is 2.78. The van der Waals surface area contributed by atoms with E-state index in [1.807, 2.05) is 6.07 Å². The zero-order valence-corrected chi connectivity index (χ0v) is 18.0. The Morgan fingerprint density at radius 1 is 0.812 bits per heavy atom. The molecular weight excluding hydrogens is 437 g/mol. The Hall–Kier alpha value is -2.96. The van der Waals surface area contributed by atoms with Crippen LogP contribution in [0.2, 0.25) is 0 Å². The van der Waals surface area contributed by atoms with Crippen LogP contribution in [0, 0.1) is 17.6 Å². The molecule has 0 radical (unpaired) electrons. The van der Waals surface area contributed by atoms with E-state index in [1.165, 1.54) is 48.5 Å². The van der Waals surface area contributed by atoms with Gasteiger partial charge in [0.1, 0.15) is 23.1 Å². The van der Waals surface area contributed by atoms with E-state index in [0.29, 0.717) is 19.6 Å². The summed E-state index contributed by atoms with van der Waals surface area (Å²) in [6, 6.07) is 15.6. The van der Waals surface area contributed by atoms with Gasteiger partial charge >= 0.3 is 7.75 Å². The highest BCUT2D eigenvalue weighted by Gasteiger charge is 2.45. The van der Waals surface area contributed by atoms with Crippen LogP contribution in [0.25, 0.3) is 0 Å². The minimum atomic E-state index is -3.95. The average molecular weight is 458 g/mol. The molecule has 2 aromatic carbocycles. The second-order valence-corrected chi connectivity index (χ2v) is 10.00. The third-order valence-corrected chi connectivity index (χ3v) is 7.78. The van der Waals surface area contributed by atoms with Crippen molar-refractivity contribution >= 4 is 7.75 Å². The van der Waals surface area contributed by atoms with Gasteiger partial charge in [-0.1, -0.05) is 6.07 Å². The number of fused-ring (bicyclic) bond motifs is 4. The summed E-state index contributed by atoms with van der Waals surface area (Å²) in [5, 5.41) is 0. The molecule has 6 nitrogen and oxygen atoms in total. The van der Waals surface area contributed by atoms with E-state index in [0.717, 1.165) is 12.1 Å². The van der Waals surface area contributed by atoms with E-state index in [-0.39, 0.29) is 28.9 Å². The Morgan fingerprint density at radius 3 is 2.00 bits per heavy atom. The molecule has 3 heterocycles. The van der Waals surface area contributed by atoms with Gasteiger partial charge in [-0.25, -0.2) is 13.3 Å². The Kier molecular flexibility index (Phi) is 5.35. The SMILES string of the molecule is O=c1cccc2n1C[C@@H]1C[C@@H]2CN(P(=O)(Oc2ccc(F)cc2)Oc2ccc(F)cc2)C1. The fraction of sp³-hybridized carbons (Fsp3) is 0.261. The summed E-state index contributed by atoms with van der Waals surface area (Å²) in [6.45, 7) is 1.28. The fourth-order valence-electron chi connectivity index (χ4n) is 4.46. The molecule has 2 aliphatic heterocycles. The van der Waals surface area contributed by atoms with Crippen molar-refractivity contribution in [2.75, 3.05) is 13.1 Å². The number of halogens is 2. The highest BCUT2D eigenvalue weighted by Crippen LogP contribution is 2.55. The van der Waals surface area contributed by atoms with Crippen LogP contribution in [0.3, 0.4) is 0 Å². The normalized spacial score (nSPS) is 20.4. The van der Waals surface area contributed by atoms with Crippen molar-refractivity contribution in [2.45, 2.75) is 18.9 Å². The van der Waals surface area contributed by atoms with E-state index in [1.54, 1.807) is 21.4 Å². The standard InChI is InChI=1S/C23H21F2N2O4P/c24-18-4-8-20(9-5-18)30-32(29,31-21-10-6-19(25)7-11-21)26-13-16-12-17(15-26)22-2-1-3-23(28)27(22)14-16/h1-11,16-17H,12-15H2/t16-,17-/m1/s1. The molecular formula is C23H21F2N2O4P. The van der Waals surface area contributed by atoms with E-state index in [9.17, 15) is 18.1 Å². The van der Waals surface area contributed by atoms with Crippen molar-refractivity contribution in [3.8, 4) is 11.5 Å². The molecule has 3 aromatic rings. The van der Waals surface area contributed by atoms with E-state index < -0.39 is 19.4 Å². The fourth-order valence-corrected chi connectivity index (χ4v) is 6.34. The summed E-state index contributed by atoms with van der Waals surface area (Å²) >= 11 is 0. The largest absolute Gasteiger partial charge is 0.515 e. The smallest absolute Gasteiger partial charge is 0.404 e. The predicted molar refractivity (Wildman–Crippen MR) is 115 cm³/mol. The molecule has 0 N–H and O–H groups in total. The topological polar surface area (TPSA) is 60.8 Å². The predicted octanol–water partition coefficient (Wildman–Crippen LogP) is 4.81. The molecule has 166 valence electrons. The van der Waals surface area contributed by atoms with Crippen molar-refractivity contribution in [2.24, 2.45) is 5.92 Å². The summed E-state index contributed by atoms with van der Waals surface area (Å²) in [5.41, 5.74) is 0.854. The third kappa shape index (κ3) is 4.08. The number of pyridine rings is 1. The molecule has 32 heavy (non-hydrogen) atoms. The lowest BCUT2D eigenvalue weighted by atomic mass is 9.84. The number of hydrogen-bond acceptors (Lipinski definition) is 4. The quantitative estimate of drug-likeness (QED) is 0.514. The van der Waals surface area contributed by atoms with Crippen LogP contribution < -0.4 is 14.6 Å². The van der Waals surface area contributed by atoms with Crippen molar-refractivity contribution in [1.82, 2.24) is 9.24 Å².